The number of hydrogen-bond acceptors (Lipinski definition) is 5. The molecule has 0 bridgehead atoms. The number of hydrogen-bond donors (Lipinski definition) is 2. The van der Waals surface area contributed by atoms with Crippen LogP contribution in [-0.2, 0) is 11.3 Å². The van der Waals surface area contributed by atoms with Gasteiger partial charge in [-0.05, 0) is 42.0 Å². The average molecular weight is 345 g/mol. The maximum absolute atomic E-state index is 11.9. The van der Waals surface area contributed by atoms with E-state index in [4.69, 9.17) is 19.3 Å². The van der Waals surface area contributed by atoms with Crippen molar-refractivity contribution < 1.29 is 28.9 Å². The van der Waals surface area contributed by atoms with Crippen molar-refractivity contribution in [1.29, 1.82) is 0 Å². The molecule has 7 nitrogen and oxygen atoms in total. The van der Waals surface area contributed by atoms with Gasteiger partial charge in [0.25, 0.3) is 5.91 Å². The van der Waals surface area contributed by atoms with E-state index in [-0.39, 0.29) is 18.1 Å². The van der Waals surface area contributed by atoms with Gasteiger partial charge in [-0.2, -0.15) is 0 Å². The summed E-state index contributed by atoms with van der Waals surface area (Å²) >= 11 is 0. The number of carbonyl (C=O) groups is 2. The highest BCUT2D eigenvalue weighted by Crippen LogP contribution is 2.27. The second kappa shape index (κ2) is 8.58. The van der Waals surface area contributed by atoms with E-state index in [1.807, 2.05) is 6.07 Å². The molecule has 0 aliphatic rings. The number of aromatic carboxylic acids is 1. The first-order valence-electron chi connectivity index (χ1n) is 7.47. The van der Waals surface area contributed by atoms with E-state index in [1.165, 1.54) is 24.3 Å². The lowest BCUT2D eigenvalue weighted by Gasteiger charge is -2.11. The van der Waals surface area contributed by atoms with Gasteiger partial charge in [0.05, 0.1) is 19.8 Å². The summed E-state index contributed by atoms with van der Waals surface area (Å²) in [6.45, 7) is 0.153. The number of amides is 1. The fourth-order valence-corrected chi connectivity index (χ4v) is 2.08. The molecule has 132 valence electrons. The van der Waals surface area contributed by atoms with Gasteiger partial charge in [-0.1, -0.05) is 6.07 Å². The number of nitrogens with one attached hydrogen (secondary N) is 1. The van der Waals surface area contributed by atoms with Crippen molar-refractivity contribution in [2.75, 3.05) is 20.8 Å². The third kappa shape index (κ3) is 5.13. The first kappa shape index (κ1) is 18.1. The minimum Gasteiger partial charge on any atom is -0.493 e. The molecule has 2 N–H and O–H groups in total. The van der Waals surface area contributed by atoms with E-state index in [0.717, 1.165) is 5.56 Å². The van der Waals surface area contributed by atoms with Gasteiger partial charge in [-0.15, -0.1) is 0 Å². The smallest absolute Gasteiger partial charge is 0.335 e. The Labute approximate surface area is 145 Å². The first-order chi connectivity index (χ1) is 12.0. The monoisotopic (exact) mass is 345 g/mol. The highest BCUT2D eigenvalue weighted by atomic mass is 16.5. The van der Waals surface area contributed by atoms with Crippen LogP contribution < -0.4 is 19.5 Å². The van der Waals surface area contributed by atoms with E-state index in [0.29, 0.717) is 23.8 Å². The molecule has 25 heavy (non-hydrogen) atoms. The third-order valence-corrected chi connectivity index (χ3v) is 3.41. The predicted octanol–water partition coefficient (Wildman–Crippen LogP) is 2.10. The van der Waals surface area contributed by atoms with Crippen LogP contribution in [0, 0.1) is 0 Å². The number of methoxy groups -OCH3 is 2. The molecule has 0 heterocycles. The van der Waals surface area contributed by atoms with Gasteiger partial charge < -0.3 is 24.6 Å². The second-order valence-electron chi connectivity index (χ2n) is 5.08. The molecule has 0 saturated heterocycles. The molecule has 2 aromatic carbocycles. The van der Waals surface area contributed by atoms with Crippen LogP contribution in [0.3, 0.4) is 0 Å². The number of rotatable bonds is 8. The van der Waals surface area contributed by atoms with Crippen molar-refractivity contribution in [3.8, 4) is 17.2 Å². The number of ether oxygens (including phenoxy) is 3. The molecule has 0 atom stereocenters. The van der Waals surface area contributed by atoms with E-state index >= 15 is 0 Å². The Morgan fingerprint density at radius 3 is 2.28 bits per heavy atom. The predicted molar refractivity (Wildman–Crippen MR) is 90.3 cm³/mol. The molecule has 7 heteroatoms. The largest absolute Gasteiger partial charge is 0.493 e. The Morgan fingerprint density at radius 1 is 1.00 bits per heavy atom. The summed E-state index contributed by atoms with van der Waals surface area (Å²) in [6.07, 6.45) is 0. The molecular formula is C18H19NO6. The molecule has 2 aromatic rings. The van der Waals surface area contributed by atoms with E-state index in [9.17, 15) is 9.59 Å². The SMILES string of the molecule is COc1ccc(CNC(=O)COc2ccc(C(=O)O)cc2)cc1OC. The Bertz CT molecular complexity index is 742. The standard InChI is InChI=1S/C18H19NO6/c1-23-15-8-3-12(9-16(15)24-2)10-19-17(20)11-25-14-6-4-13(5-7-14)18(21)22/h3-9H,10-11H2,1-2H3,(H,19,20)(H,21,22). The molecule has 0 aliphatic heterocycles. The summed E-state index contributed by atoms with van der Waals surface area (Å²) in [7, 11) is 3.10. The molecule has 0 fully saturated rings. The summed E-state index contributed by atoms with van der Waals surface area (Å²) in [5.41, 5.74) is 1.02. The van der Waals surface area contributed by atoms with Crippen LogP contribution >= 0.6 is 0 Å². The van der Waals surface area contributed by atoms with Crippen molar-refractivity contribution in [3.05, 3.63) is 53.6 Å². The van der Waals surface area contributed by atoms with Crippen LogP contribution in [0.4, 0.5) is 0 Å². The average Bonchev–Trinajstić information content (AvgIpc) is 2.64. The summed E-state index contributed by atoms with van der Waals surface area (Å²) in [6, 6.07) is 11.2. The van der Waals surface area contributed by atoms with Gasteiger partial charge in [0.1, 0.15) is 5.75 Å². The van der Waals surface area contributed by atoms with Gasteiger partial charge >= 0.3 is 5.97 Å². The zero-order valence-corrected chi connectivity index (χ0v) is 13.9. The van der Waals surface area contributed by atoms with Crippen LogP contribution in [-0.4, -0.2) is 37.8 Å². The van der Waals surface area contributed by atoms with Crippen molar-refractivity contribution in [1.82, 2.24) is 5.32 Å². The molecule has 0 aliphatic carbocycles. The molecule has 0 unspecified atom stereocenters. The Hall–Kier alpha value is -3.22. The summed E-state index contributed by atoms with van der Waals surface area (Å²) < 4.78 is 15.7. The number of carboxylic acid groups (broad SMARTS) is 1. The first-order valence-corrected chi connectivity index (χ1v) is 7.47. The molecular weight excluding hydrogens is 326 g/mol. The molecule has 0 aromatic heterocycles. The number of carboxylic acids is 1. The van der Waals surface area contributed by atoms with E-state index in [1.54, 1.807) is 26.4 Å². The van der Waals surface area contributed by atoms with Crippen molar-refractivity contribution in [3.63, 3.8) is 0 Å². The highest BCUT2D eigenvalue weighted by Gasteiger charge is 2.07. The zero-order valence-electron chi connectivity index (χ0n) is 13.9. The van der Waals surface area contributed by atoms with Gasteiger partial charge in [0.2, 0.25) is 0 Å². The van der Waals surface area contributed by atoms with Crippen molar-refractivity contribution in [2.45, 2.75) is 6.54 Å². The second-order valence-corrected chi connectivity index (χ2v) is 5.08. The summed E-state index contributed by atoms with van der Waals surface area (Å²) in [4.78, 5) is 22.6. The quantitative estimate of drug-likeness (QED) is 0.761. The fraction of sp³-hybridized carbons (Fsp3) is 0.222. The minimum atomic E-state index is -1.01. The molecule has 2 rings (SSSR count). The number of carbonyl (C=O) groups excluding carboxylic acids is 1. The lowest BCUT2D eigenvalue weighted by Crippen LogP contribution is -2.28. The summed E-state index contributed by atoms with van der Waals surface area (Å²) in [5.74, 6) is 0.317. The van der Waals surface area contributed by atoms with Crippen LogP contribution in [0.2, 0.25) is 0 Å². The topological polar surface area (TPSA) is 94.1 Å². The Morgan fingerprint density at radius 2 is 1.68 bits per heavy atom. The molecule has 0 saturated carbocycles. The lowest BCUT2D eigenvalue weighted by molar-refractivity contribution is -0.123. The minimum absolute atomic E-state index is 0.158. The maximum atomic E-state index is 11.9. The van der Waals surface area contributed by atoms with Gasteiger partial charge in [0.15, 0.2) is 18.1 Å². The zero-order chi connectivity index (χ0) is 18.2. The van der Waals surface area contributed by atoms with Gasteiger partial charge in [0, 0.05) is 6.54 Å². The van der Waals surface area contributed by atoms with E-state index in [2.05, 4.69) is 5.32 Å². The third-order valence-electron chi connectivity index (χ3n) is 3.41. The van der Waals surface area contributed by atoms with E-state index < -0.39 is 5.97 Å². The maximum Gasteiger partial charge on any atom is 0.335 e. The molecule has 1 amide bonds. The van der Waals surface area contributed by atoms with Crippen molar-refractivity contribution in [2.24, 2.45) is 0 Å². The normalized spacial score (nSPS) is 10.0. The number of benzene rings is 2. The highest BCUT2D eigenvalue weighted by molar-refractivity contribution is 5.87. The van der Waals surface area contributed by atoms with Gasteiger partial charge in [-0.3, -0.25) is 4.79 Å². The summed E-state index contributed by atoms with van der Waals surface area (Å²) in [5, 5.41) is 11.6. The fourth-order valence-electron chi connectivity index (χ4n) is 2.08. The molecule has 0 radical (unpaired) electrons. The van der Waals surface area contributed by atoms with Crippen LogP contribution in [0.15, 0.2) is 42.5 Å². The lowest BCUT2D eigenvalue weighted by atomic mass is 10.2. The van der Waals surface area contributed by atoms with Crippen molar-refractivity contribution >= 4 is 11.9 Å². The molecule has 0 spiro atoms. The Balaban J connectivity index is 1.83. The van der Waals surface area contributed by atoms with Crippen LogP contribution in [0.25, 0.3) is 0 Å². The van der Waals surface area contributed by atoms with Crippen LogP contribution in [0.5, 0.6) is 17.2 Å². The van der Waals surface area contributed by atoms with Crippen LogP contribution in [0.1, 0.15) is 15.9 Å². The van der Waals surface area contributed by atoms with Gasteiger partial charge in [-0.25, -0.2) is 4.79 Å². The Kier molecular flexibility index (Phi) is 6.22.